The van der Waals surface area contributed by atoms with E-state index < -0.39 is 11.9 Å². The summed E-state index contributed by atoms with van der Waals surface area (Å²) in [5, 5.41) is 3.40. The van der Waals surface area contributed by atoms with Gasteiger partial charge in [-0.2, -0.15) is 0 Å². The molecule has 1 aromatic carbocycles. The number of hydrogen-bond donors (Lipinski definition) is 2. The fourth-order valence-corrected chi connectivity index (χ4v) is 2.22. The van der Waals surface area contributed by atoms with Crippen molar-refractivity contribution in [3.63, 3.8) is 0 Å². The lowest BCUT2D eigenvalue weighted by atomic mass is 10.1. The molecule has 1 atom stereocenters. The molecule has 0 aliphatic carbocycles. The number of para-hydroxylation sites is 1. The molecule has 0 fully saturated rings. The van der Waals surface area contributed by atoms with E-state index in [1.54, 1.807) is 12.3 Å². The maximum Gasteiger partial charge on any atom is 0.252 e. The number of amides is 2. The first-order chi connectivity index (χ1) is 10.6. The monoisotopic (exact) mass is 295 g/mol. The van der Waals surface area contributed by atoms with Crippen LogP contribution in [-0.2, 0) is 4.79 Å². The van der Waals surface area contributed by atoms with Gasteiger partial charge in [0.25, 0.3) is 5.91 Å². The van der Waals surface area contributed by atoms with Crippen molar-refractivity contribution in [3.8, 4) is 12.3 Å². The van der Waals surface area contributed by atoms with Crippen molar-refractivity contribution in [2.75, 3.05) is 0 Å². The number of nitrogens with two attached hydrogens (primary N) is 1. The zero-order valence-electron chi connectivity index (χ0n) is 12.1. The van der Waals surface area contributed by atoms with Crippen molar-refractivity contribution in [1.29, 1.82) is 0 Å². The van der Waals surface area contributed by atoms with Gasteiger partial charge in [-0.05, 0) is 25.0 Å². The number of benzene rings is 1. The normalized spacial score (nSPS) is 11.6. The standard InChI is InChI=1S/C17H17N3O2/c1-2-3-4-9-15(16(18)21)20-17(22)13-10-11-19-14-8-6-5-7-12(13)14/h1,5-8,10-11,15H,3-4,9H2,(H2,18,21)(H,20,22)/t15-/m0/s1. The average Bonchev–Trinajstić information content (AvgIpc) is 2.53. The Morgan fingerprint density at radius 1 is 1.32 bits per heavy atom. The van der Waals surface area contributed by atoms with Gasteiger partial charge in [0.1, 0.15) is 6.04 Å². The molecule has 0 saturated heterocycles. The van der Waals surface area contributed by atoms with Crippen LogP contribution in [0.3, 0.4) is 0 Å². The lowest BCUT2D eigenvalue weighted by Crippen LogP contribution is -2.44. The van der Waals surface area contributed by atoms with Gasteiger partial charge in [-0.25, -0.2) is 0 Å². The van der Waals surface area contributed by atoms with Crippen molar-refractivity contribution in [2.24, 2.45) is 5.73 Å². The summed E-state index contributed by atoms with van der Waals surface area (Å²) in [4.78, 5) is 28.1. The molecule has 0 unspecified atom stereocenters. The van der Waals surface area contributed by atoms with Crippen LogP contribution >= 0.6 is 0 Å². The number of primary amides is 1. The van der Waals surface area contributed by atoms with E-state index in [-0.39, 0.29) is 5.91 Å². The van der Waals surface area contributed by atoms with Gasteiger partial charge in [0.15, 0.2) is 0 Å². The van der Waals surface area contributed by atoms with Gasteiger partial charge in [-0.15, -0.1) is 12.3 Å². The van der Waals surface area contributed by atoms with Gasteiger partial charge < -0.3 is 11.1 Å². The summed E-state index contributed by atoms with van der Waals surface area (Å²) < 4.78 is 0. The van der Waals surface area contributed by atoms with Crippen LogP contribution < -0.4 is 11.1 Å². The number of nitrogens with zero attached hydrogens (tertiary/aromatic N) is 1. The van der Waals surface area contributed by atoms with E-state index in [0.717, 1.165) is 10.9 Å². The molecule has 2 amide bonds. The molecule has 0 saturated carbocycles. The predicted molar refractivity (Wildman–Crippen MR) is 84.9 cm³/mol. The number of pyridine rings is 1. The van der Waals surface area contributed by atoms with Crippen LogP contribution in [-0.4, -0.2) is 22.8 Å². The van der Waals surface area contributed by atoms with Crippen LogP contribution in [0.5, 0.6) is 0 Å². The number of fused-ring (bicyclic) bond motifs is 1. The zero-order valence-corrected chi connectivity index (χ0v) is 12.1. The maximum absolute atomic E-state index is 12.4. The lowest BCUT2D eigenvalue weighted by Gasteiger charge is -2.15. The molecule has 5 nitrogen and oxygen atoms in total. The SMILES string of the molecule is C#CCCC[C@H](NC(=O)c1ccnc2ccccc12)C(N)=O. The van der Waals surface area contributed by atoms with E-state index >= 15 is 0 Å². The second-order valence-corrected chi connectivity index (χ2v) is 4.90. The summed E-state index contributed by atoms with van der Waals surface area (Å²) in [6, 6.07) is 8.21. The fraction of sp³-hybridized carbons (Fsp3) is 0.235. The summed E-state index contributed by atoms with van der Waals surface area (Å²) in [5.74, 6) is 1.59. The van der Waals surface area contributed by atoms with E-state index in [0.29, 0.717) is 24.8 Å². The number of rotatable bonds is 6. The van der Waals surface area contributed by atoms with Crippen LogP contribution in [0.25, 0.3) is 10.9 Å². The van der Waals surface area contributed by atoms with E-state index in [9.17, 15) is 9.59 Å². The summed E-state index contributed by atoms with van der Waals surface area (Å²) in [5.41, 5.74) is 6.53. The Hall–Kier alpha value is -2.87. The molecule has 2 aromatic rings. The van der Waals surface area contributed by atoms with Crippen LogP contribution in [0.2, 0.25) is 0 Å². The molecule has 5 heteroatoms. The number of terminal acetylenes is 1. The number of hydrogen-bond acceptors (Lipinski definition) is 3. The molecule has 0 aliphatic heterocycles. The van der Waals surface area contributed by atoms with Crippen molar-refractivity contribution in [1.82, 2.24) is 10.3 Å². The van der Waals surface area contributed by atoms with Crippen LogP contribution in [0.15, 0.2) is 36.5 Å². The third-order valence-corrected chi connectivity index (χ3v) is 3.36. The molecule has 112 valence electrons. The number of unbranched alkanes of at least 4 members (excludes halogenated alkanes) is 1. The van der Waals surface area contributed by atoms with E-state index in [4.69, 9.17) is 12.2 Å². The molecule has 0 aliphatic rings. The molecule has 0 bridgehead atoms. The molecule has 0 spiro atoms. The van der Waals surface area contributed by atoms with Gasteiger partial charge in [0, 0.05) is 18.0 Å². The molecule has 1 aromatic heterocycles. The number of carbonyl (C=O) groups excluding carboxylic acids is 2. The third-order valence-electron chi connectivity index (χ3n) is 3.36. The van der Waals surface area contributed by atoms with Crippen molar-refractivity contribution in [3.05, 3.63) is 42.1 Å². The van der Waals surface area contributed by atoms with Crippen molar-refractivity contribution < 1.29 is 9.59 Å². The van der Waals surface area contributed by atoms with Crippen LogP contribution in [0.1, 0.15) is 29.6 Å². The van der Waals surface area contributed by atoms with E-state index in [1.165, 1.54) is 0 Å². The first kappa shape index (κ1) is 15.5. The Kier molecular flexibility index (Phi) is 5.10. The summed E-state index contributed by atoms with van der Waals surface area (Å²) >= 11 is 0. The van der Waals surface area contributed by atoms with E-state index in [1.807, 2.05) is 24.3 Å². The van der Waals surface area contributed by atoms with Crippen LogP contribution in [0.4, 0.5) is 0 Å². The lowest BCUT2D eigenvalue weighted by molar-refractivity contribution is -0.120. The predicted octanol–water partition coefficient (Wildman–Crippen LogP) is 1.62. The Bertz CT molecular complexity index is 729. The topological polar surface area (TPSA) is 85.1 Å². The Morgan fingerprint density at radius 3 is 2.82 bits per heavy atom. The highest BCUT2D eigenvalue weighted by Gasteiger charge is 2.19. The van der Waals surface area contributed by atoms with Gasteiger partial charge in [0.05, 0.1) is 11.1 Å². The molecular weight excluding hydrogens is 278 g/mol. The first-order valence-corrected chi connectivity index (χ1v) is 7.01. The fourth-order valence-electron chi connectivity index (χ4n) is 2.22. The second-order valence-electron chi connectivity index (χ2n) is 4.90. The molecule has 2 rings (SSSR count). The quantitative estimate of drug-likeness (QED) is 0.627. The summed E-state index contributed by atoms with van der Waals surface area (Å²) in [7, 11) is 0. The van der Waals surface area contributed by atoms with Crippen molar-refractivity contribution >= 4 is 22.7 Å². The van der Waals surface area contributed by atoms with Gasteiger partial charge in [-0.1, -0.05) is 18.2 Å². The average molecular weight is 295 g/mol. The molecular formula is C17H17N3O2. The third kappa shape index (κ3) is 3.61. The molecule has 0 radical (unpaired) electrons. The highest BCUT2D eigenvalue weighted by molar-refractivity contribution is 6.07. The minimum atomic E-state index is -0.729. The highest BCUT2D eigenvalue weighted by atomic mass is 16.2. The Morgan fingerprint density at radius 2 is 2.09 bits per heavy atom. The minimum absolute atomic E-state index is 0.344. The smallest absolute Gasteiger partial charge is 0.252 e. The maximum atomic E-state index is 12.4. The molecule has 3 N–H and O–H groups in total. The number of aromatic nitrogens is 1. The van der Waals surface area contributed by atoms with Crippen molar-refractivity contribution in [2.45, 2.75) is 25.3 Å². The van der Waals surface area contributed by atoms with Gasteiger partial charge in [0.2, 0.25) is 5.91 Å². The molecule has 1 heterocycles. The van der Waals surface area contributed by atoms with Gasteiger partial charge >= 0.3 is 0 Å². The second kappa shape index (κ2) is 7.23. The first-order valence-electron chi connectivity index (χ1n) is 7.01. The largest absolute Gasteiger partial charge is 0.368 e. The Balaban J connectivity index is 2.19. The summed E-state index contributed by atoms with van der Waals surface area (Å²) in [6.07, 6.45) is 8.34. The van der Waals surface area contributed by atoms with E-state index in [2.05, 4.69) is 16.2 Å². The molecule has 22 heavy (non-hydrogen) atoms. The number of nitrogens with one attached hydrogen (secondary N) is 1. The highest BCUT2D eigenvalue weighted by Crippen LogP contribution is 2.16. The van der Waals surface area contributed by atoms with Crippen LogP contribution in [0, 0.1) is 12.3 Å². The Labute approximate surface area is 128 Å². The number of carbonyl (C=O) groups is 2. The minimum Gasteiger partial charge on any atom is -0.368 e. The summed E-state index contributed by atoms with van der Waals surface area (Å²) in [6.45, 7) is 0. The zero-order chi connectivity index (χ0) is 15.9. The van der Waals surface area contributed by atoms with Gasteiger partial charge in [-0.3, -0.25) is 14.6 Å².